The Balaban J connectivity index is 1.64. The molecular formula is C17H20N4O2. The van der Waals surface area contributed by atoms with Crippen LogP contribution in [0.15, 0.2) is 54.0 Å². The summed E-state index contributed by atoms with van der Waals surface area (Å²) in [5, 5.41) is 7.83. The van der Waals surface area contributed by atoms with E-state index >= 15 is 0 Å². The molecule has 1 aromatic carbocycles. The zero-order chi connectivity index (χ0) is 16.4. The first kappa shape index (κ1) is 15.1. The smallest absolute Gasteiger partial charge is 0.323 e. The Kier molecular flexibility index (Phi) is 4.06. The van der Waals surface area contributed by atoms with Gasteiger partial charge in [0.05, 0.1) is 11.4 Å². The topological polar surface area (TPSA) is 96.2 Å². The number of benzene rings is 1. The van der Waals surface area contributed by atoms with E-state index in [-0.39, 0.29) is 29.0 Å². The van der Waals surface area contributed by atoms with E-state index in [2.05, 4.69) is 34.7 Å². The van der Waals surface area contributed by atoms with Crippen molar-refractivity contribution < 1.29 is 9.59 Å². The second-order valence-corrected chi connectivity index (χ2v) is 5.94. The van der Waals surface area contributed by atoms with Crippen LogP contribution < -0.4 is 21.7 Å². The van der Waals surface area contributed by atoms with Crippen molar-refractivity contribution in [3.63, 3.8) is 0 Å². The van der Waals surface area contributed by atoms with Gasteiger partial charge in [-0.1, -0.05) is 36.9 Å². The number of rotatable bonds is 3. The summed E-state index contributed by atoms with van der Waals surface area (Å²) in [5.41, 5.74) is 7.60. The molecule has 1 aliphatic heterocycles. The van der Waals surface area contributed by atoms with Crippen LogP contribution in [0.3, 0.4) is 0 Å². The van der Waals surface area contributed by atoms with Gasteiger partial charge >= 0.3 is 6.03 Å². The fraction of sp³-hybridized carbons (Fsp3) is 0.294. The van der Waals surface area contributed by atoms with Crippen LogP contribution in [-0.4, -0.2) is 18.0 Å². The van der Waals surface area contributed by atoms with Crippen LogP contribution in [0.1, 0.15) is 30.7 Å². The summed E-state index contributed by atoms with van der Waals surface area (Å²) in [6.45, 7) is 3.63. The van der Waals surface area contributed by atoms with Crippen molar-refractivity contribution in [2.24, 2.45) is 5.73 Å². The van der Waals surface area contributed by atoms with E-state index in [0.717, 1.165) is 19.3 Å². The number of urea groups is 1. The van der Waals surface area contributed by atoms with Gasteiger partial charge in [-0.25, -0.2) is 4.79 Å². The Morgan fingerprint density at radius 3 is 2.70 bits per heavy atom. The first-order chi connectivity index (χ1) is 11.0. The second-order valence-electron chi connectivity index (χ2n) is 5.94. The molecule has 0 bridgehead atoms. The lowest BCUT2D eigenvalue weighted by molar-refractivity contribution is -0.118. The summed E-state index contributed by atoms with van der Waals surface area (Å²) in [5.74, 6) is 0.0858. The lowest BCUT2D eigenvalue weighted by atomic mass is 9.98. The highest BCUT2D eigenvalue weighted by Crippen LogP contribution is 2.34. The lowest BCUT2D eigenvalue weighted by Gasteiger charge is -2.22. The predicted molar refractivity (Wildman–Crippen MR) is 87.0 cm³/mol. The standard InChI is InChI=1S/C17H20N4O2/c1-10-14(18)15(21-17(23)19-10)16(22)20-13-8-7-12(9-13)11-5-3-2-4-6-11/h2-6,12-13H,1,7-9,18H2,(H,20,22)(H2,19,21,23)/t12-,13-/m0/s1. The van der Waals surface area contributed by atoms with Gasteiger partial charge in [0.15, 0.2) is 0 Å². The van der Waals surface area contributed by atoms with Crippen molar-refractivity contribution in [2.45, 2.75) is 31.2 Å². The van der Waals surface area contributed by atoms with Crippen molar-refractivity contribution in [3.8, 4) is 0 Å². The average molecular weight is 312 g/mol. The maximum Gasteiger partial charge on any atom is 0.323 e. The second kappa shape index (κ2) is 6.16. The predicted octanol–water partition coefficient (Wildman–Crippen LogP) is 1.44. The van der Waals surface area contributed by atoms with Gasteiger partial charge in [0, 0.05) is 6.04 Å². The third kappa shape index (κ3) is 3.21. The molecule has 5 N–H and O–H groups in total. The minimum Gasteiger partial charge on any atom is -0.395 e. The number of carbonyl (C=O) groups excluding carboxylic acids is 2. The van der Waals surface area contributed by atoms with Gasteiger partial charge in [-0.05, 0) is 30.7 Å². The van der Waals surface area contributed by atoms with Crippen molar-refractivity contribution >= 4 is 11.9 Å². The van der Waals surface area contributed by atoms with E-state index in [1.54, 1.807) is 0 Å². The van der Waals surface area contributed by atoms with Gasteiger partial charge < -0.3 is 21.7 Å². The fourth-order valence-corrected chi connectivity index (χ4v) is 3.14. The normalized spacial score (nSPS) is 24.2. The van der Waals surface area contributed by atoms with Crippen LogP contribution >= 0.6 is 0 Å². The first-order valence-corrected chi connectivity index (χ1v) is 7.67. The minimum atomic E-state index is -0.497. The third-order valence-electron chi connectivity index (χ3n) is 4.36. The summed E-state index contributed by atoms with van der Waals surface area (Å²) in [7, 11) is 0. The monoisotopic (exact) mass is 312 g/mol. The molecule has 3 amide bonds. The van der Waals surface area contributed by atoms with Gasteiger partial charge in [0.2, 0.25) is 0 Å². The molecular weight excluding hydrogens is 292 g/mol. The zero-order valence-electron chi connectivity index (χ0n) is 12.8. The van der Waals surface area contributed by atoms with Gasteiger partial charge in [-0.3, -0.25) is 4.79 Å². The molecule has 1 aliphatic carbocycles. The number of nitrogens with one attached hydrogen (secondary N) is 3. The first-order valence-electron chi connectivity index (χ1n) is 7.67. The fourth-order valence-electron chi connectivity index (χ4n) is 3.14. The molecule has 0 saturated heterocycles. The van der Waals surface area contributed by atoms with E-state index < -0.39 is 6.03 Å². The van der Waals surface area contributed by atoms with Gasteiger partial charge in [-0.2, -0.15) is 0 Å². The molecule has 1 heterocycles. The Bertz CT molecular complexity index is 681. The molecule has 6 nitrogen and oxygen atoms in total. The van der Waals surface area contributed by atoms with Crippen molar-refractivity contribution in [1.29, 1.82) is 0 Å². The molecule has 3 rings (SSSR count). The maximum absolute atomic E-state index is 12.4. The number of hydrogen-bond acceptors (Lipinski definition) is 3. The molecule has 23 heavy (non-hydrogen) atoms. The van der Waals surface area contributed by atoms with Crippen LogP contribution in [0.2, 0.25) is 0 Å². The van der Waals surface area contributed by atoms with Crippen LogP contribution in [-0.2, 0) is 4.79 Å². The summed E-state index contributed by atoms with van der Waals surface area (Å²) in [6, 6.07) is 9.88. The molecule has 0 aromatic heterocycles. The highest BCUT2D eigenvalue weighted by atomic mass is 16.2. The van der Waals surface area contributed by atoms with E-state index in [9.17, 15) is 9.59 Å². The summed E-state index contributed by atoms with van der Waals surface area (Å²) in [6.07, 6.45) is 2.83. The highest BCUT2D eigenvalue weighted by Gasteiger charge is 2.30. The van der Waals surface area contributed by atoms with Crippen molar-refractivity contribution in [2.75, 3.05) is 0 Å². The number of amides is 3. The number of carbonyl (C=O) groups is 2. The molecule has 1 fully saturated rings. The lowest BCUT2D eigenvalue weighted by Crippen LogP contribution is -2.48. The summed E-state index contributed by atoms with van der Waals surface area (Å²) >= 11 is 0. The minimum absolute atomic E-state index is 0.0712. The van der Waals surface area contributed by atoms with E-state index in [1.165, 1.54) is 5.56 Å². The van der Waals surface area contributed by atoms with Gasteiger partial charge in [0.1, 0.15) is 5.70 Å². The Hall–Kier alpha value is -2.76. The van der Waals surface area contributed by atoms with Crippen molar-refractivity contribution in [3.05, 3.63) is 59.6 Å². The van der Waals surface area contributed by atoms with Crippen LogP contribution in [0.25, 0.3) is 0 Å². The van der Waals surface area contributed by atoms with Gasteiger partial charge in [0.25, 0.3) is 5.91 Å². The molecule has 1 saturated carbocycles. The molecule has 6 heteroatoms. The van der Waals surface area contributed by atoms with E-state index in [4.69, 9.17) is 5.73 Å². The average Bonchev–Trinajstić information content (AvgIpc) is 3.00. The highest BCUT2D eigenvalue weighted by molar-refractivity contribution is 6.00. The quantitative estimate of drug-likeness (QED) is 0.680. The maximum atomic E-state index is 12.4. The summed E-state index contributed by atoms with van der Waals surface area (Å²) in [4.78, 5) is 23.8. The molecule has 0 spiro atoms. The van der Waals surface area contributed by atoms with Crippen molar-refractivity contribution in [1.82, 2.24) is 16.0 Å². The molecule has 0 radical (unpaired) electrons. The Morgan fingerprint density at radius 2 is 1.96 bits per heavy atom. The van der Waals surface area contributed by atoms with E-state index in [0.29, 0.717) is 5.92 Å². The molecule has 2 aliphatic rings. The molecule has 1 aromatic rings. The summed E-state index contributed by atoms with van der Waals surface area (Å²) < 4.78 is 0. The van der Waals surface area contributed by atoms with Crippen LogP contribution in [0, 0.1) is 0 Å². The molecule has 120 valence electrons. The largest absolute Gasteiger partial charge is 0.395 e. The van der Waals surface area contributed by atoms with Gasteiger partial charge in [-0.15, -0.1) is 0 Å². The Labute approximate surface area is 134 Å². The third-order valence-corrected chi connectivity index (χ3v) is 4.36. The van der Waals surface area contributed by atoms with Crippen LogP contribution in [0.4, 0.5) is 4.79 Å². The SMILES string of the molecule is C=C1NC(=O)NC(C(=O)N[C@H]2CC[C@H](c3ccccc3)C2)=C1N. The number of nitrogens with two attached hydrogens (primary N) is 1. The number of hydrogen-bond donors (Lipinski definition) is 4. The zero-order valence-corrected chi connectivity index (χ0v) is 12.8. The Morgan fingerprint density at radius 1 is 1.22 bits per heavy atom. The molecule has 2 atom stereocenters. The molecule has 0 unspecified atom stereocenters. The van der Waals surface area contributed by atoms with Crippen LogP contribution in [0.5, 0.6) is 0 Å². The van der Waals surface area contributed by atoms with E-state index in [1.807, 2.05) is 18.2 Å².